The minimum atomic E-state index is -0.583. The Morgan fingerprint density at radius 2 is 1.52 bits per heavy atom. The fourth-order valence-corrected chi connectivity index (χ4v) is 3.29. The highest BCUT2D eigenvalue weighted by molar-refractivity contribution is 9.10. The SMILES string of the molecule is O=C1C(Cl)=C(c2ccc(Cl)cc2Cl)C(=O)N1c1ccc(Br)cc1. The Labute approximate surface area is 155 Å². The first kappa shape index (κ1) is 16.5. The van der Waals surface area contributed by atoms with Crippen molar-refractivity contribution in [2.75, 3.05) is 4.90 Å². The lowest BCUT2D eigenvalue weighted by molar-refractivity contribution is -0.119. The van der Waals surface area contributed by atoms with Gasteiger partial charge in [-0.2, -0.15) is 0 Å². The second-order valence-electron chi connectivity index (χ2n) is 4.74. The van der Waals surface area contributed by atoms with Gasteiger partial charge in [0.1, 0.15) is 5.03 Å². The highest BCUT2D eigenvalue weighted by Gasteiger charge is 2.39. The van der Waals surface area contributed by atoms with Crippen molar-refractivity contribution in [3.63, 3.8) is 0 Å². The summed E-state index contributed by atoms with van der Waals surface area (Å²) in [7, 11) is 0. The zero-order chi connectivity index (χ0) is 16.7. The Kier molecular flexibility index (Phi) is 4.52. The average Bonchev–Trinajstić information content (AvgIpc) is 2.72. The van der Waals surface area contributed by atoms with Gasteiger partial charge in [0.05, 0.1) is 16.3 Å². The number of carbonyl (C=O) groups is 2. The lowest BCUT2D eigenvalue weighted by Crippen LogP contribution is -2.31. The van der Waals surface area contributed by atoms with Gasteiger partial charge in [0, 0.05) is 15.1 Å². The number of carbonyl (C=O) groups excluding carboxylic acids is 2. The van der Waals surface area contributed by atoms with Crippen LogP contribution in [0.1, 0.15) is 5.56 Å². The van der Waals surface area contributed by atoms with E-state index in [9.17, 15) is 9.59 Å². The van der Waals surface area contributed by atoms with E-state index in [1.807, 2.05) is 0 Å². The first-order chi connectivity index (χ1) is 10.9. The van der Waals surface area contributed by atoms with Crippen LogP contribution in [0.4, 0.5) is 5.69 Å². The van der Waals surface area contributed by atoms with Crippen molar-refractivity contribution in [1.82, 2.24) is 0 Å². The van der Waals surface area contributed by atoms with E-state index in [2.05, 4.69) is 15.9 Å². The number of nitrogens with zero attached hydrogens (tertiary/aromatic N) is 1. The van der Waals surface area contributed by atoms with Gasteiger partial charge in [0.15, 0.2) is 0 Å². The smallest absolute Gasteiger partial charge is 0.268 e. The van der Waals surface area contributed by atoms with Crippen molar-refractivity contribution in [2.24, 2.45) is 0 Å². The molecule has 0 saturated heterocycles. The minimum absolute atomic E-state index is 0.0706. The zero-order valence-corrected chi connectivity index (χ0v) is 15.2. The molecule has 0 atom stereocenters. The monoisotopic (exact) mass is 429 g/mol. The molecular formula is C16H7BrCl3NO2. The summed E-state index contributed by atoms with van der Waals surface area (Å²) in [4.78, 5) is 26.1. The van der Waals surface area contributed by atoms with Crippen LogP contribution in [0.25, 0.3) is 5.57 Å². The normalized spacial score (nSPS) is 14.9. The van der Waals surface area contributed by atoms with Crippen LogP contribution in [0.15, 0.2) is 52.0 Å². The predicted octanol–water partition coefficient (Wildman–Crippen LogP) is 5.28. The summed E-state index contributed by atoms with van der Waals surface area (Å²) in [5, 5.41) is 0.517. The van der Waals surface area contributed by atoms with Gasteiger partial charge in [0.2, 0.25) is 0 Å². The number of hydrogen-bond donors (Lipinski definition) is 0. The van der Waals surface area contributed by atoms with E-state index in [1.165, 1.54) is 6.07 Å². The van der Waals surface area contributed by atoms with Crippen LogP contribution in [-0.2, 0) is 9.59 Å². The molecule has 0 bridgehead atoms. The third kappa shape index (κ3) is 2.92. The predicted molar refractivity (Wildman–Crippen MR) is 95.9 cm³/mol. The summed E-state index contributed by atoms with van der Waals surface area (Å²) in [5.41, 5.74) is 0.877. The number of benzene rings is 2. The number of halogens is 4. The van der Waals surface area contributed by atoms with Gasteiger partial charge in [-0.15, -0.1) is 0 Å². The molecule has 3 rings (SSSR count). The van der Waals surface area contributed by atoms with Crippen LogP contribution in [-0.4, -0.2) is 11.8 Å². The van der Waals surface area contributed by atoms with Gasteiger partial charge in [-0.3, -0.25) is 9.59 Å². The molecule has 2 aromatic carbocycles. The molecule has 0 aliphatic carbocycles. The van der Waals surface area contributed by atoms with Crippen LogP contribution in [0, 0.1) is 0 Å². The summed E-state index contributed by atoms with van der Waals surface area (Å²) in [6.45, 7) is 0. The molecule has 0 spiro atoms. The van der Waals surface area contributed by atoms with E-state index in [0.717, 1.165) is 9.37 Å². The maximum absolute atomic E-state index is 12.7. The first-order valence-electron chi connectivity index (χ1n) is 6.39. The number of imide groups is 1. The second-order valence-corrected chi connectivity index (χ2v) is 6.87. The maximum Gasteiger partial charge on any atom is 0.277 e. The zero-order valence-electron chi connectivity index (χ0n) is 11.3. The summed E-state index contributed by atoms with van der Waals surface area (Å²) in [5.74, 6) is -1.11. The van der Waals surface area contributed by atoms with E-state index in [1.54, 1.807) is 36.4 Å². The van der Waals surface area contributed by atoms with E-state index in [-0.39, 0.29) is 15.6 Å². The molecule has 1 aliphatic rings. The Balaban J connectivity index is 2.08. The van der Waals surface area contributed by atoms with Gasteiger partial charge >= 0.3 is 0 Å². The average molecular weight is 432 g/mol. The number of anilines is 1. The van der Waals surface area contributed by atoms with Crippen LogP contribution in [0.2, 0.25) is 10.0 Å². The van der Waals surface area contributed by atoms with Crippen molar-refractivity contribution < 1.29 is 9.59 Å². The van der Waals surface area contributed by atoms with E-state index in [4.69, 9.17) is 34.8 Å². The van der Waals surface area contributed by atoms with Crippen LogP contribution >= 0.6 is 50.7 Å². The van der Waals surface area contributed by atoms with E-state index in [0.29, 0.717) is 16.3 Å². The van der Waals surface area contributed by atoms with Crippen molar-refractivity contribution in [3.05, 3.63) is 67.6 Å². The number of amides is 2. The summed E-state index contributed by atoms with van der Waals surface area (Å²) >= 11 is 21.4. The molecule has 2 amide bonds. The van der Waals surface area contributed by atoms with Gasteiger partial charge < -0.3 is 0 Å². The molecule has 23 heavy (non-hydrogen) atoms. The molecule has 0 aromatic heterocycles. The number of hydrogen-bond acceptors (Lipinski definition) is 2. The Morgan fingerprint density at radius 1 is 0.870 bits per heavy atom. The summed E-state index contributed by atoms with van der Waals surface area (Å²) in [6, 6.07) is 11.4. The van der Waals surface area contributed by atoms with Crippen molar-refractivity contribution in [2.45, 2.75) is 0 Å². The van der Waals surface area contributed by atoms with E-state index >= 15 is 0 Å². The van der Waals surface area contributed by atoms with Crippen molar-refractivity contribution >= 4 is 73.8 Å². The first-order valence-corrected chi connectivity index (χ1v) is 8.32. The Morgan fingerprint density at radius 3 is 2.13 bits per heavy atom. The molecule has 7 heteroatoms. The van der Waals surface area contributed by atoms with Crippen LogP contribution < -0.4 is 4.90 Å². The van der Waals surface area contributed by atoms with Gasteiger partial charge in [0.25, 0.3) is 11.8 Å². The topological polar surface area (TPSA) is 37.4 Å². The largest absolute Gasteiger partial charge is 0.277 e. The third-order valence-corrected chi connectivity index (χ3v) is 4.74. The molecule has 0 radical (unpaired) electrons. The van der Waals surface area contributed by atoms with Crippen molar-refractivity contribution in [1.29, 1.82) is 0 Å². The molecule has 1 aliphatic heterocycles. The highest BCUT2D eigenvalue weighted by atomic mass is 79.9. The standard InChI is InChI=1S/C16H7BrCl3NO2/c17-8-1-4-10(5-2-8)21-15(22)13(14(20)16(21)23)11-6-3-9(18)7-12(11)19/h1-7H. The molecule has 2 aromatic rings. The summed E-state index contributed by atoms with van der Waals surface area (Å²) < 4.78 is 0.834. The summed E-state index contributed by atoms with van der Waals surface area (Å²) in [6.07, 6.45) is 0. The van der Waals surface area contributed by atoms with Crippen LogP contribution in [0.5, 0.6) is 0 Å². The van der Waals surface area contributed by atoms with Gasteiger partial charge in [-0.05, 0) is 36.4 Å². The highest BCUT2D eigenvalue weighted by Crippen LogP contribution is 2.38. The fourth-order valence-electron chi connectivity index (χ4n) is 2.25. The molecule has 116 valence electrons. The maximum atomic E-state index is 12.7. The lowest BCUT2D eigenvalue weighted by Gasteiger charge is -2.15. The molecular weight excluding hydrogens is 424 g/mol. The fraction of sp³-hybridized carbons (Fsp3) is 0. The molecule has 0 N–H and O–H groups in total. The molecule has 3 nitrogen and oxygen atoms in total. The lowest BCUT2D eigenvalue weighted by atomic mass is 10.1. The van der Waals surface area contributed by atoms with Gasteiger partial charge in [-0.25, -0.2) is 4.90 Å². The van der Waals surface area contributed by atoms with Gasteiger partial charge in [-0.1, -0.05) is 56.8 Å². The minimum Gasteiger partial charge on any atom is -0.268 e. The molecule has 0 saturated carbocycles. The Hall–Kier alpha value is -1.33. The number of rotatable bonds is 2. The third-order valence-electron chi connectivity index (χ3n) is 3.31. The molecule has 0 unspecified atom stereocenters. The second kappa shape index (κ2) is 6.29. The Bertz CT molecular complexity index is 862. The van der Waals surface area contributed by atoms with Crippen molar-refractivity contribution in [3.8, 4) is 0 Å². The molecule has 1 heterocycles. The van der Waals surface area contributed by atoms with Crippen LogP contribution in [0.3, 0.4) is 0 Å². The van der Waals surface area contributed by atoms with E-state index < -0.39 is 11.8 Å². The quantitative estimate of drug-likeness (QED) is 0.607. The molecule has 0 fully saturated rings.